The van der Waals surface area contributed by atoms with Crippen molar-refractivity contribution in [3.63, 3.8) is 0 Å². The number of nitrogens with one attached hydrogen (secondary N) is 1. The highest BCUT2D eigenvalue weighted by Gasteiger charge is 2.28. The van der Waals surface area contributed by atoms with Gasteiger partial charge in [0.2, 0.25) is 0 Å². The van der Waals surface area contributed by atoms with Crippen LogP contribution < -0.4 is 5.32 Å². The summed E-state index contributed by atoms with van der Waals surface area (Å²) in [6, 6.07) is 3.02. The minimum absolute atomic E-state index is 0.404. The topological polar surface area (TPSA) is 24.5 Å². The lowest BCUT2D eigenvalue weighted by atomic mass is 10.0. The van der Waals surface area contributed by atoms with Crippen LogP contribution in [0.2, 0.25) is 0 Å². The molecule has 1 fully saturated rings. The van der Waals surface area contributed by atoms with Crippen molar-refractivity contribution in [1.29, 1.82) is 0 Å². The Morgan fingerprint density at radius 2 is 2.38 bits per heavy atom. The van der Waals surface area contributed by atoms with E-state index in [1.54, 1.807) is 0 Å². The van der Waals surface area contributed by atoms with E-state index < -0.39 is 0 Å². The van der Waals surface area contributed by atoms with E-state index in [1.165, 1.54) is 10.4 Å². The summed E-state index contributed by atoms with van der Waals surface area (Å²) in [7, 11) is 4.28. The van der Waals surface area contributed by atoms with Crippen LogP contribution in [0.15, 0.2) is 11.4 Å². The van der Waals surface area contributed by atoms with E-state index in [-0.39, 0.29) is 0 Å². The zero-order chi connectivity index (χ0) is 11.5. The molecule has 90 valence electrons. The first-order valence-electron chi connectivity index (χ1n) is 5.71. The van der Waals surface area contributed by atoms with Gasteiger partial charge < -0.3 is 15.0 Å². The van der Waals surface area contributed by atoms with E-state index in [0.717, 1.165) is 19.8 Å². The van der Waals surface area contributed by atoms with Crippen LogP contribution in [0.4, 0.5) is 0 Å². The van der Waals surface area contributed by atoms with Gasteiger partial charge >= 0.3 is 0 Å². The first-order valence-corrected chi connectivity index (χ1v) is 6.59. The van der Waals surface area contributed by atoms with Crippen molar-refractivity contribution in [2.24, 2.45) is 0 Å². The maximum absolute atomic E-state index is 5.57. The lowest BCUT2D eigenvalue weighted by molar-refractivity contribution is 0.0466. The molecule has 1 aromatic rings. The highest BCUT2D eigenvalue weighted by molar-refractivity contribution is 7.10. The minimum atomic E-state index is 0.404. The van der Waals surface area contributed by atoms with E-state index in [1.807, 2.05) is 11.3 Å². The molecule has 0 saturated carbocycles. The number of nitrogens with zero attached hydrogens (tertiary/aromatic N) is 1. The predicted octanol–water partition coefficient (Wildman–Crippen LogP) is 1.65. The van der Waals surface area contributed by atoms with Crippen molar-refractivity contribution >= 4 is 11.3 Å². The van der Waals surface area contributed by atoms with E-state index in [9.17, 15) is 0 Å². The second kappa shape index (κ2) is 5.27. The van der Waals surface area contributed by atoms with Gasteiger partial charge in [-0.05, 0) is 38.0 Å². The predicted molar refractivity (Wildman–Crippen MR) is 68.1 cm³/mol. The number of thiophene rings is 1. The van der Waals surface area contributed by atoms with Crippen LogP contribution >= 0.6 is 11.3 Å². The average Bonchev–Trinajstić information content (AvgIpc) is 2.66. The number of hydrogen-bond acceptors (Lipinski definition) is 4. The molecule has 0 radical (unpaired) electrons. The molecular formula is C12H20N2OS. The molecular weight excluding hydrogens is 220 g/mol. The molecule has 0 spiro atoms. The Hall–Kier alpha value is -0.420. The maximum atomic E-state index is 5.57. The van der Waals surface area contributed by atoms with E-state index >= 15 is 0 Å². The number of aryl methyl sites for hydroxylation is 1. The van der Waals surface area contributed by atoms with Gasteiger partial charge in [-0.25, -0.2) is 0 Å². The number of hydrogen-bond donors (Lipinski definition) is 1. The van der Waals surface area contributed by atoms with Crippen molar-refractivity contribution in [2.75, 3.05) is 33.9 Å². The van der Waals surface area contributed by atoms with E-state index in [0.29, 0.717) is 12.1 Å². The molecule has 4 heteroatoms. The summed E-state index contributed by atoms with van der Waals surface area (Å²) >= 11 is 1.84. The molecule has 2 unspecified atom stereocenters. The van der Waals surface area contributed by atoms with Gasteiger partial charge in [0.1, 0.15) is 0 Å². The fraction of sp³-hybridized carbons (Fsp3) is 0.667. The quantitative estimate of drug-likeness (QED) is 0.869. The molecule has 2 heterocycles. The number of rotatable bonds is 3. The van der Waals surface area contributed by atoms with Crippen LogP contribution in [0, 0.1) is 6.92 Å². The lowest BCUT2D eigenvalue weighted by Crippen LogP contribution is -2.48. The van der Waals surface area contributed by atoms with Crippen LogP contribution in [0.1, 0.15) is 16.5 Å². The summed E-state index contributed by atoms with van der Waals surface area (Å²) in [5.74, 6) is 0. The number of morpholine rings is 1. The summed E-state index contributed by atoms with van der Waals surface area (Å²) in [5.41, 5.74) is 1.39. The van der Waals surface area contributed by atoms with Gasteiger partial charge in [-0.3, -0.25) is 0 Å². The fourth-order valence-electron chi connectivity index (χ4n) is 2.25. The third-order valence-corrected chi connectivity index (χ3v) is 4.15. The summed E-state index contributed by atoms with van der Waals surface area (Å²) in [6.07, 6.45) is 0. The van der Waals surface area contributed by atoms with Crippen molar-refractivity contribution < 1.29 is 4.74 Å². The molecule has 1 saturated heterocycles. The largest absolute Gasteiger partial charge is 0.378 e. The van der Waals surface area contributed by atoms with E-state index in [4.69, 9.17) is 4.74 Å². The number of ether oxygens (including phenoxy) is 1. The first kappa shape index (κ1) is 12.0. The SMILES string of the molecule is Cc1ccsc1C(C1COCCN1)N(C)C. The summed E-state index contributed by atoms with van der Waals surface area (Å²) in [6.45, 7) is 4.78. The Balaban J connectivity index is 2.19. The molecule has 3 nitrogen and oxygen atoms in total. The van der Waals surface area contributed by atoms with Gasteiger partial charge in [-0.2, -0.15) is 0 Å². The molecule has 0 aliphatic carbocycles. The summed E-state index contributed by atoms with van der Waals surface area (Å²) in [5, 5.41) is 5.73. The van der Waals surface area contributed by atoms with Gasteiger partial charge in [0.15, 0.2) is 0 Å². The molecule has 16 heavy (non-hydrogen) atoms. The number of likely N-dealkylation sites (N-methyl/N-ethyl adjacent to an activating group) is 1. The Morgan fingerprint density at radius 3 is 2.88 bits per heavy atom. The van der Waals surface area contributed by atoms with Gasteiger partial charge in [-0.15, -0.1) is 11.3 Å². The Morgan fingerprint density at radius 1 is 1.56 bits per heavy atom. The van der Waals surface area contributed by atoms with Crippen molar-refractivity contribution in [1.82, 2.24) is 10.2 Å². The summed E-state index contributed by atoms with van der Waals surface area (Å²) < 4.78 is 5.57. The highest BCUT2D eigenvalue weighted by atomic mass is 32.1. The molecule has 1 aromatic heterocycles. The second-order valence-corrected chi connectivity index (χ2v) is 5.46. The molecule has 2 atom stereocenters. The van der Waals surface area contributed by atoms with Gasteiger partial charge in [0.05, 0.1) is 25.3 Å². The standard InChI is InChI=1S/C12H20N2OS/c1-9-4-7-16-12(9)11(14(2)3)10-8-15-6-5-13-10/h4,7,10-11,13H,5-6,8H2,1-3H3. The zero-order valence-electron chi connectivity index (χ0n) is 10.2. The molecule has 0 aromatic carbocycles. The molecule has 1 aliphatic heterocycles. The van der Waals surface area contributed by atoms with Crippen molar-refractivity contribution in [3.8, 4) is 0 Å². The molecule has 0 amide bonds. The lowest BCUT2D eigenvalue weighted by Gasteiger charge is -2.35. The Kier molecular flexibility index (Phi) is 3.97. The monoisotopic (exact) mass is 240 g/mol. The first-order chi connectivity index (χ1) is 7.70. The smallest absolute Gasteiger partial charge is 0.0639 e. The van der Waals surface area contributed by atoms with Crippen LogP contribution in [0.25, 0.3) is 0 Å². The Labute approximate surface area is 101 Å². The van der Waals surface area contributed by atoms with Crippen LogP contribution in [0.3, 0.4) is 0 Å². The van der Waals surface area contributed by atoms with E-state index in [2.05, 4.69) is 42.7 Å². The third-order valence-electron chi connectivity index (χ3n) is 3.06. The maximum Gasteiger partial charge on any atom is 0.0639 e. The fourth-order valence-corrected chi connectivity index (χ4v) is 3.44. The average molecular weight is 240 g/mol. The van der Waals surface area contributed by atoms with Crippen molar-refractivity contribution in [3.05, 3.63) is 21.9 Å². The third kappa shape index (κ3) is 2.46. The van der Waals surface area contributed by atoms with Gasteiger partial charge in [0.25, 0.3) is 0 Å². The summed E-state index contributed by atoms with van der Waals surface area (Å²) in [4.78, 5) is 3.73. The normalized spacial score (nSPS) is 23.6. The molecule has 1 N–H and O–H groups in total. The Bertz CT molecular complexity index is 332. The molecule has 0 bridgehead atoms. The van der Waals surface area contributed by atoms with Crippen LogP contribution in [-0.4, -0.2) is 44.8 Å². The molecule has 2 rings (SSSR count). The van der Waals surface area contributed by atoms with Crippen LogP contribution in [-0.2, 0) is 4.74 Å². The van der Waals surface area contributed by atoms with Crippen LogP contribution in [0.5, 0.6) is 0 Å². The molecule has 1 aliphatic rings. The zero-order valence-corrected chi connectivity index (χ0v) is 11.0. The second-order valence-electron chi connectivity index (χ2n) is 4.51. The van der Waals surface area contributed by atoms with Gasteiger partial charge in [0, 0.05) is 11.4 Å². The highest BCUT2D eigenvalue weighted by Crippen LogP contribution is 2.30. The van der Waals surface area contributed by atoms with Gasteiger partial charge in [-0.1, -0.05) is 0 Å². The van der Waals surface area contributed by atoms with Crippen molar-refractivity contribution in [2.45, 2.75) is 19.0 Å². The minimum Gasteiger partial charge on any atom is -0.378 e.